The summed E-state index contributed by atoms with van der Waals surface area (Å²) in [6, 6.07) is 0. The standard InChI is InChI=1S/C13H27NO2/c1-10(2)11(3)16-8-6-12-5-4-7-13(12,14)9-15/h10-12,15H,4-9,14H2,1-3H3. The SMILES string of the molecule is CC(C)C(C)OCCC1CCCC1(N)CO. The second-order valence-electron chi connectivity index (χ2n) is 5.59. The first-order valence-corrected chi connectivity index (χ1v) is 6.51. The van der Waals surface area contributed by atoms with Crippen LogP contribution in [-0.4, -0.2) is 30.0 Å². The summed E-state index contributed by atoms with van der Waals surface area (Å²) in [5.74, 6) is 0.987. The van der Waals surface area contributed by atoms with Crippen LogP contribution in [0, 0.1) is 11.8 Å². The molecule has 3 heteroatoms. The Bertz CT molecular complexity index is 208. The van der Waals surface area contributed by atoms with E-state index in [1.54, 1.807) is 0 Å². The van der Waals surface area contributed by atoms with Gasteiger partial charge in [0.25, 0.3) is 0 Å². The van der Waals surface area contributed by atoms with Gasteiger partial charge in [-0.1, -0.05) is 20.3 Å². The molecule has 0 spiro atoms. The first kappa shape index (κ1) is 13.9. The molecule has 16 heavy (non-hydrogen) atoms. The molecule has 3 atom stereocenters. The van der Waals surface area contributed by atoms with E-state index in [2.05, 4.69) is 20.8 Å². The van der Waals surface area contributed by atoms with Crippen molar-refractivity contribution in [1.29, 1.82) is 0 Å². The van der Waals surface area contributed by atoms with Crippen LogP contribution in [0.25, 0.3) is 0 Å². The molecular formula is C13H27NO2. The van der Waals surface area contributed by atoms with Gasteiger partial charge in [0.05, 0.1) is 12.7 Å². The van der Waals surface area contributed by atoms with Gasteiger partial charge in [-0.05, 0) is 38.0 Å². The van der Waals surface area contributed by atoms with E-state index in [0.717, 1.165) is 32.3 Å². The molecule has 0 aromatic carbocycles. The topological polar surface area (TPSA) is 55.5 Å². The monoisotopic (exact) mass is 229 g/mol. The molecule has 1 saturated carbocycles. The molecule has 0 heterocycles. The van der Waals surface area contributed by atoms with E-state index in [0.29, 0.717) is 17.9 Å². The smallest absolute Gasteiger partial charge is 0.0613 e. The number of aliphatic hydroxyl groups is 1. The summed E-state index contributed by atoms with van der Waals surface area (Å²) >= 11 is 0. The minimum absolute atomic E-state index is 0.109. The fourth-order valence-corrected chi connectivity index (χ4v) is 2.40. The molecule has 0 aromatic heterocycles. The molecule has 0 bridgehead atoms. The Morgan fingerprint density at radius 3 is 2.69 bits per heavy atom. The van der Waals surface area contributed by atoms with Crippen molar-refractivity contribution in [3.05, 3.63) is 0 Å². The second kappa shape index (κ2) is 5.99. The van der Waals surface area contributed by atoms with Crippen molar-refractivity contribution in [3.8, 4) is 0 Å². The van der Waals surface area contributed by atoms with E-state index in [-0.39, 0.29) is 12.1 Å². The van der Waals surface area contributed by atoms with Gasteiger partial charge in [0.1, 0.15) is 0 Å². The van der Waals surface area contributed by atoms with Crippen LogP contribution in [-0.2, 0) is 4.74 Å². The summed E-state index contributed by atoms with van der Waals surface area (Å²) in [4.78, 5) is 0. The van der Waals surface area contributed by atoms with Crippen LogP contribution in [0.4, 0.5) is 0 Å². The lowest BCUT2D eigenvalue weighted by atomic mass is 9.87. The summed E-state index contributed by atoms with van der Waals surface area (Å²) in [5, 5.41) is 9.33. The summed E-state index contributed by atoms with van der Waals surface area (Å²) in [7, 11) is 0. The highest BCUT2D eigenvalue weighted by molar-refractivity contribution is 4.95. The molecule has 3 unspecified atom stereocenters. The van der Waals surface area contributed by atoms with Crippen molar-refractivity contribution in [2.45, 2.75) is 58.1 Å². The molecule has 0 aliphatic heterocycles. The van der Waals surface area contributed by atoms with Crippen LogP contribution >= 0.6 is 0 Å². The van der Waals surface area contributed by atoms with Crippen molar-refractivity contribution < 1.29 is 9.84 Å². The van der Waals surface area contributed by atoms with Crippen molar-refractivity contribution in [2.24, 2.45) is 17.6 Å². The zero-order valence-corrected chi connectivity index (χ0v) is 10.9. The maximum Gasteiger partial charge on any atom is 0.0613 e. The van der Waals surface area contributed by atoms with Crippen molar-refractivity contribution in [2.75, 3.05) is 13.2 Å². The fraction of sp³-hybridized carbons (Fsp3) is 1.00. The molecule has 1 aliphatic carbocycles. The van der Waals surface area contributed by atoms with Gasteiger partial charge in [-0.15, -0.1) is 0 Å². The largest absolute Gasteiger partial charge is 0.394 e. The summed E-state index contributed by atoms with van der Waals surface area (Å²) in [6.07, 6.45) is 4.52. The van der Waals surface area contributed by atoms with E-state index < -0.39 is 0 Å². The predicted molar refractivity (Wildman–Crippen MR) is 66.2 cm³/mol. The zero-order valence-electron chi connectivity index (χ0n) is 10.9. The molecule has 96 valence electrons. The van der Waals surface area contributed by atoms with Gasteiger partial charge in [-0.25, -0.2) is 0 Å². The van der Waals surface area contributed by atoms with E-state index in [1.807, 2.05) is 0 Å². The van der Waals surface area contributed by atoms with Crippen molar-refractivity contribution >= 4 is 0 Å². The third-order valence-electron chi connectivity index (χ3n) is 4.09. The van der Waals surface area contributed by atoms with Crippen LogP contribution in [0.1, 0.15) is 46.5 Å². The molecule has 1 aliphatic rings. The number of hydrogen-bond acceptors (Lipinski definition) is 3. The fourth-order valence-electron chi connectivity index (χ4n) is 2.40. The Kier molecular flexibility index (Phi) is 5.22. The molecule has 1 rings (SSSR count). The van der Waals surface area contributed by atoms with E-state index in [1.165, 1.54) is 0 Å². The summed E-state index contributed by atoms with van der Waals surface area (Å²) in [6.45, 7) is 7.32. The third-order valence-corrected chi connectivity index (χ3v) is 4.09. The molecule has 0 radical (unpaired) electrons. The Morgan fingerprint density at radius 1 is 1.44 bits per heavy atom. The van der Waals surface area contributed by atoms with Gasteiger partial charge in [0.15, 0.2) is 0 Å². The lowest BCUT2D eigenvalue weighted by Gasteiger charge is -2.29. The Hall–Kier alpha value is -0.120. The van der Waals surface area contributed by atoms with Gasteiger partial charge in [-0.2, -0.15) is 0 Å². The number of hydrogen-bond donors (Lipinski definition) is 2. The van der Waals surface area contributed by atoms with E-state index in [9.17, 15) is 5.11 Å². The first-order valence-electron chi connectivity index (χ1n) is 6.51. The zero-order chi connectivity index (χ0) is 12.2. The van der Waals surface area contributed by atoms with Crippen LogP contribution in [0.5, 0.6) is 0 Å². The van der Waals surface area contributed by atoms with Crippen LogP contribution < -0.4 is 5.73 Å². The quantitative estimate of drug-likeness (QED) is 0.731. The highest BCUT2D eigenvalue weighted by Crippen LogP contribution is 2.35. The summed E-state index contributed by atoms with van der Waals surface area (Å²) < 4.78 is 5.77. The van der Waals surface area contributed by atoms with Crippen LogP contribution in [0.15, 0.2) is 0 Å². The first-order chi connectivity index (χ1) is 7.49. The van der Waals surface area contributed by atoms with E-state index in [4.69, 9.17) is 10.5 Å². The van der Waals surface area contributed by atoms with Crippen molar-refractivity contribution in [1.82, 2.24) is 0 Å². The molecule has 0 aromatic rings. The average Bonchev–Trinajstić information content (AvgIpc) is 2.61. The number of ether oxygens (including phenoxy) is 1. The minimum Gasteiger partial charge on any atom is -0.394 e. The Balaban J connectivity index is 2.27. The second-order valence-corrected chi connectivity index (χ2v) is 5.59. The molecule has 0 saturated heterocycles. The number of nitrogens with two attached hydrogens (primary N) is 1. The lowest BCUT2D eigenvalue weighted by Crippen LogP contribution is -2.47. The summed E-state index contributed by atoms with van der Waals surface area (Å²) in [5.41, 5.74) is 5.83. The number of aliphatic hydroxyl groups excluding tert-OH is 1. The third kappa shape index (κ3) is 3.44. The number of rotatable bonds is 6. The lowest BCUT2D eigenvalue weighted by molar-refractivity contribution is 0.0209. The Labute approximate surface area is 99.4 Å². The molecule has 3 nitrogen and oxygen atoms in total. The minimum atomic E-state index is -0.343. The van der Waals surface area contributed by atoms with Gasteiger partial charge >= 0.3 is 0 Å². The van der Waals surface area contributed by atoms with Gasteiger partial charge < -0.3 is 15.6 Å². The highest BCUT2D eigenvalue weighted by Gasteiger charge is 2.38. The average molecular weight is 229 g/mol. The normalized spacial score (nSPS) is 32.2. The molecule has 0 amide bonds. The van der Waals surface area contributed by atoms with Crippen LogP contribution in [0.3, 0.4) is 0 Å². The maximum atomic E-state index is 9.33. The van der Waals surface area contributed by atoms with Crippen LogP contribution in [0.2, 0.25) is 0 Å². The van der Waals surface area contributed by atoms with Gasteiger partial charge in [0, 0.05) is 12.1 Å². The van der Waals surface area contributed by atoms with E-state index >= 15 is 0 Å². The predicted octanol–water partition coefficient (Wildman–Crippen LogP) is 1.93. The Morgan fingerprint density at radius 2 is 2.12 bits per heavy atom. The maximum absolute atomic E-state index is 9.33. The molecule has 1 fully saturated rings. The van der Waals surface area contributed by atoms with Gasteiger partial charge in [0.2, 0.25) is 0 Å². The van der Waals surface area contributed by atoms with Crippen molar-refractivity contribution in [3.63, 3.8) is 0 Å². The molecule has 3 N–H and O–H groups in total. The molecular weight excluding hydrogens is 202 g/mol. The van der Waals surface area contributed by atoms with Gasteiger partial charge in [-0.3, -0.25) is 0 Å². The highest BCUT2D eigenvalue weighted by atomic mass is 16.5.